The molecule has 0 saturated carbocycles. The topological polar surface area (TPSA) is 55.8 Å². The number of amides is 1. The van der Waals surface area contributed by atoms with Gasteiger partial charge in [0.25, 0.3) is 0 Å². The van der Waals surface area contributed by atoms with Crippen molar-refractivity contribution in [3.8, 4) is 11.5 Å². The molecule has 1 amide bonds. The third-order valence-electron chi connectivity index (χ3n) is 6.10. The van der Waals surface area contributed by atoms with Crippen molar-refractivity contribution in [2.24, 2.45) is 5.41 Å². The molecule has 0 N–H and O–H groups in total. The highest BCUT2D eigenvalue weighted by molar-refractivity contribution is 6.37. The van der Waals surface area contributed by atoms with Gasteiger partial charge in [0.05, 0.1) is 24.9 Å². The Balaban J connectivity index is 1.90. The van der Waals surface area contributed by atoms with E-state index in [1.165, 1.54) is 0 Å². The van der Waals surface area contributed by atoms with Gasteiger partial charge < -0.3 is 9.47 Å². The molecule has 0 fully saturated rings. The van der Waals surface area contributed by atoms with Crippen molar-refractivity contribution in [2.75, 3.05) is 19.1 Å². The number of methoxy groups -OCH3 is 2. The van der Waals surface area contributed by atoms with Crippen LogP contribution in [0.3, 0.4) is 0 Å². The first kappa shape index (κ1) is 22.7. The van der Waals surface area contributed by atoms with E-state index in [9.17, 15) is 9.59 Å². The van der Waals surface area contributed by atoms with Gasteiger partial charge >= 0.3 is 0 Å². The summed E-state index contributed by atoms with van der Waals surface area (Å²) in [5.74, 6) is 0.740. The maximum Gasteiger partial charge on any atom is 0.232 e. The molecule has 4 rings (SSSR count). The van der Waals surface area contributed by atoms with Crippen molar-refractivity contribution < 1.29 is 19.1 Å². The van der Waals surface area contributed by atoms with Gasteiger partial charge in [0, 0.05) is 35.1 Å². The smallest absolute Gasteiger partial charge is 0.232 e. The highest BCUT2D eigenvalue weighted by Gasteiger charge is 2.44. The number of carbonyl (C=O) groups is 2. The molecule has 0 spiro atoms. The maximum absolute atomic E-state index is 13.5. The summed E-state index contributed by atoms with van der Waals surface area (Å²) < 4.78 is 10.8. The fraction of sp³-hybridized carbons (Fsp3) is 0.360. The molecule has 7 heteroatoms. The van der Waals surface area contributed by atoms with Crippen LogP contribution in [0.5, 0.6) is 11.5 Å². The quantitative estimate of drug-likeness (QED) is 0.532. The highest BCUT2D eigenvalue weighted by Crippen LogP contribution is 2.49. The van der Waals surface area contributed by atoms with Crippen LogP contribution in [0.1, 0.15) is 44.6 Å². The SMILES string of the molecule is COc1ccc(C2CC(=O)N(c3ccc(Cl)cc3Cl)C3=C2C(=O)CC(C)(C)C3)cc1OC. The van der Waals surface area contributed by atoms with Crippen LogP contribution >= 0.6 is 23.2 Å². The van der Waals surface area contributed by atoms with Crippen molar-refractivity contribution in [3.63, 3.8) is 0 Å². The van der Waals surface area contributed by atoms with E-state index in [1.807, 2.05) is 26.0 Å². The van der Waals surface area contributed by atoms with E-state index in [2.05, 4.69) is 0 Å². The zero-order valence-electron chi connectivity index (χ0n) is 18.5. The fourth-order valence-corrected chi connectivity index (χ4v) is 5.20. The van der Waals surface area contributed by atoms with Gasteiger partial charge in [-0.05, 0) is 47.7 Å². The van der Waals surface area contributed by atoms with E-state index >= 15 is 0 Å². The van der Waals surface area contributed by atoms with Crippen LogP contribution in [0.15, 0.2) is 47.7 Å². The zero-order valence-corrected chi connectivity index (χ0v) is 20.0. The second kappa shape index (κ2) is 8.45. The molecule has 1 aliphatic carbocycles. The van der Waals surface area contributed by atoms with Crippen LogP contribution in [0.2, 0.25) is 10.0 Å². The van der Waals surface area contributed by atoms with Crippen LogP contribution in [0.25, 0.3) is 0 Å². The largest absolute Gasteiger partial charge is 0.493 e. The van der Waals surface area contributed by atoms with Gasteiger partial charge in [-0.3, -0.25) is 14.5 Å². The number of hydrogen-bond acceptors (Lipinski definition) is 4. The van der Waals surface area contributed by atoms with E-state index in [0.29, 0.717) is 51.3 Å². The molecule has 0 saturated heterocycles. The Labute approximate surface area is 197 Å². The standard InChI is InChI=1S/C25H25Cl2NO4/c1-25(2)12-19-24(20(29)13-25)16(14-5-8-21(31-3)22(9-14)32-4)11-23(30)28(19)18-7-6-15(26)10-17(18)27/h5-10,16H,11-13H2,1-4H3. The number of halogens is 2. The minimum atomic E-state index is -0.358. The lowest BCUT2D eigenvalue weighted by atomic mass is 9.69. The summed E-state index contributed by atoms with van der Waals surface area (Å²) in [6.45, 7) is 4.08. The Morgan fingerprint density at radius 1 is 0.969 bits per heavy atom. The van der Waals surface area contributed by atoms with Crippen molar-refractivity contribution in [1.29, 1.82) is 0 Å². The Kier molecular flexibility index (Phi) is 5.99. The number of benzene rings is 2. The van der Waals surface area contributed by atoms with E-state index in [1.54, 1.807) is 43.4 Å². The van der Waals surface area contributed by atoms with Crippen LogP contribution in [-0.4, -0.2) is 25.9 Å². The van der Waals surface area contributed by atoms with Crippen LogP contribution in [-0.2, 0) is 9.59 Å². The van der Waals surface area contributed by atoms with Crippen LogP contribution < -0.4 is 14.4 Å². The van der Waals surface area contributed by atoms with E-state index in [0.717, 1.165) is 5.56 Å². The average Bonchev–Trinajstić information content (AvgIpc) is 2.72. The van der Waals surface area contributed by atoms with E-state index < -0.39 is 0 Å². The highest BCUT2D eigenvalue weighted by atomic mass is 35.5. The Morgan fingerprint density at radius 3 is 2.34 bits per heavy atom. The number of rotatable bonds is 4. The molecular formula is C25H25Cl2NO4. The normalized spacial score (nSPS) is 20.3. The first-order valence-electron chi connectivity index (χ1n) is 10.4. The van der Waals surface area contributed by atoms with E-state index in [4.69, 9.17) is 32.7 Å². The van der Waals surface area contributed by atoms with Crippen molar-refractivity contribution in [2.45, 2.75) is 39.0 Å². The van der Waals surface area contributed by atoms with E-state index in [-0.39, 0.29) is 29.4 Å². The monoisotopic (exact) mass is 473 g/mol. The number of anilines is 1. The predicted octanol–water partition coefficient (Wildman–Crippen LogP) is 6.17. The Hall–Kier alpha value is -2.50. The third kappa shape index (κ3) is 4.00. The number of allylic oxidation sites excluding steroid dienone is 2. The lowest BCUT2D eigenvalue weighted by Gasteiger charge is -2.43. The van der Waals surface area contributed by atoms with Crippen LogP contribution in [0, 0.1) is 5.41 Å². The molecule has 1 heterocycles. The molecule has 0 radical (unpaired) electrons. The number of nitrogens with zero attached hydrogens (tertiary/aromatic N) is 1. The zero-order chi connectivity index (χ0) is 23.2. The molecular weight excluding hydrogens is 449 g/mol. The Bertz CT molecular complexity index is 1140. The van der Waals surface area contributed by atoms with Gasteiger partial charge in [-0.15, -0.1) is 0 Å². The molecule has 2 aromatic rings. The van der Waals surface area contributed by atoms with Crippen molar-refractivity contribution in [1.82, 2.24) is 0 Å². The Morgan fingerprint density at radius 2 is 1.69 bits per heavy atom. The molecule has 0 aromatic heterocycles. The second-order valence-electron chi connectivity index (χ2n) is 9.00. The summed E-state index contributed by atoms with van der Waals surface area (Å²) in [6, 6.07) is 10.6. The molecule has 2 aliphatic rings. The summed E-state index contributed by atoms with van der Waals surface area (Å²) in [5, 5.41) is 0.860. The summed E-state index contributed by atoms with van der Waals surface area (Å²) in [7, 11) is 3.14. The third-order valence-corrected chi connectivity index (χ3v) is 6.64. The first-order chi connectivity index (χ1) is 15.1. The maximum atomic E-state index is 13.5. The summed E-state index contributed by atoms with van der Waals surface area (Å²) in [6.07, 6.45) is 1.16. The van der Waals surface area contributed by atoms with Gasteiger partial charge in [0.2, 0.25) is 5.91 Å². The van der Waals surface area contributed by atoms with Crippen molar-refractivity contribution in [3.05, 3.63) is 63.3 Å². The second-order valence-corrected chi connectivity index (χ2v) is 9.84. The molecule has 1 atom stereocenters. The van der Waals surface area contributed by atoms with Crippen molar-refractivity contribution >= 4 is 40.6 Å². The lowest BCUT2D eigenvalue weighted by molar-refractivity contribution is -0.121. The predicted molar refractivity (Wildman–Crippen MR) is 126 cm³/mol. The van der Waals surface area contributed by atoms with Gasteiger partial charge in [-0.1, -0.05) is 43.1 Å². The molecule has 1 aliphatic heterocycles. The van der Waals surface area contributed by atoms with Gasteiger partial charge in [0.1, 0.15) is 0 Å². The van der Waals surface area contributed by atoms with Gasteiger partial charge in [-0.25, -0.2) is 0 Å². The minimum absolute atomic E-state index is 0.0543. The average molecular weight is 474 g/mol. The fourth-order valence-electron chi connectivity index (χ4n) is 4.71. The van der Waals surface area contributed by atoms with Gasteiger partial charge in [-0.2, -0.15) is 0 Å². The molecule has 2 aromatic carbocycles. The molecule has 32 heavy (non-hydrogen) atoms. The molecule has 168 valence electrons. The summed E-state index contributed by atoms with van der Waals surface area (Å²) >= 11 is 12.6. The molecule has 1 unspecified atom stereocenters. The number of ketones is 1. The van der Waals surface area contributed by atoms with Gasteiger partial charge in [0.15, 0.2) is 17.3 Å². The first-order valence-corrected chi connectivity index (χ1v) is 11.2. The molecule has 5 nitrogen and oxygen atoms in total. The summed E-state index contributed by atoms with van der Waals surface area (Å²) in [4.78, 5) is 28.5. The number of hydrogen-bond donors (Lipinski definition) is 0. The van der Waals surface area contributed by atoms with Crippen LogP contribution in [0.4, 0.5) is 5.69 Å². The number of ether oxygens (including phenoxy) is 2. The number of Topliss-reactive ketones (excluding diaryl/α,β-unsaturated/α-hetero) is 1. The lowest BCUT2D eigenvalue weighted by Crippen LogP contribution is -2.43. The minimum Gasteiger partial charge on any atom is -0.493 e. The summed E-state index contributed by atoms with van der Waals surface area (Å²) in [5.41, 5.74) is 2.50. The molecule has 0 bridgehead atoms. The number of carbonyl (C=O) groups excluding carboxylic acids is 2.